The van der Waals surface area contributed by atoms with Crippen molar-refractivity contribution in [2.45, 2.75) is 11.8 Å². The number of sulfonamides is 1. The average molecular weight is 301 g/mol. The summed E-state index contributed by atoms with van der Waals surface area (Å²) in [5, 5.41) is 3.22. The van der Waals surface area contributed by atoms with Crippen LogP contribution >= 0.6 is 0 Å². The third-order valence-corrected chi connectivity index (χ3v) is 4.56. The summed E-state index contributed by atoms with van der Waals surface area (Å²) < 4.78 is 24.6. The van der Waals surface area contributed by atoms with Gasteiger partial charge >= 0.3 is 0 Å². The predicted octanol–water partition coefficient (Wildman–Crippen LogP) is 0.519. The second-order valence-corrected chi connectivity index (χ2v) is 6.53. The van der Waals surface area contributed by atoms with Crippen molar-refractivity contribution >= 4 is 16.2 Å². The van der Waals surface area contributed by atoms with E-state index in [0.29, 0.717) is 0 Å². The van der Waals surface area contributed by atoms with Gasteiger partial charge in [-0.05, 0) is 25.1 Å². The van der Waals surface area contributed by atoms with Gasteiger partial charge in [-0.3, -0.25) is 10.0 Å². The number of nitrogens with zero attached hydrogens (tertiary/aromatic N) is 2. The fourth-order valence-corrected chi connectivity index (χ4v) is 3.10. The Morgan fingerprint density at radius 3 is 2.57 bits per heavy atom. The number of benzene rings is 2. The molecule has 0 unspecified atom stereocenters. The highest BCUT2D eigenvalue weighted by Gasteiger charge is 2.17. The molecule has 0 atom stereocenters. The van der Waals surface area contributed by atoms with Crippen LogP contribution in [0.4, 0.5) is 0 Å². The van der Waals surface area contributed by atoms with Gasteiger partial charge in [-0.2, -0.15) is 0 Å². The summed E-state index contributed by atoms with van der Waals surface area (Å²) in [7, 11) is -3.59. The molecule has 0 bridgehead atoms. The predicted molar refractivity (Wildman–Crippen MR) is 79.9 cm³/mol. The summed E-state index contributed by atoms with van der Waals surface area (Å²) in [6, 6.07) is 14.3. The molecule has 6 heteroatoms. The molecular formula is C15H15N3O2S. The fraction of sp³-hybridized carbons (Fsp3) is 0.133. The van der Waals surface area contributed by atoms with Crippen LogP contribution in [-0.2, 0) is 10.0 Å². The fourth-order valence-electron chi connectivity index (χ4n) is 2.08. The van der Waals surface area contributed by atoms with Crippen LogP contribution < -0.4 is 15.4 Å². The van der Waals surface area contributed by atoms with E-state index in [9.17, 15) is 8.42 Å². The number of hydrazine groups is 1. The zero-order valence-electron chi connectivity index (χ0n) is 11.5. The molecule has 0 saturated heterocycles. The van der Waals surface area contributed by atoms with Crippen LogP contribution in [0.1, 0.15) is 5.56 Å². The van der Waals surface area contributed by atoms with Gasteiger partial charge in [0.15, 0.2) is 0 Å². The molecule has 0 amide bonds. The molecule has 5 nitrogen and oxygen atoms in total. The molecule has 0 radical (unpaired) electrons. The van der Waals surface area contributed by atoms with Crippen molar-refractivity contribution in [2.24, 2.45) is 4.99 Å². The Morgan fingerprint density at radius 2 is 1.81 bits per heavy atom. The van der Waals surface area contributed by atoms with E-state index in [2.05, 4.69) is 9.82 Å². The number of hydrogen-bond acceptors (Lipinski definition) is 4. The summed E-state index contributed by atoms with van der Waals surface area (Å²) in [6.07, 6.45) is 1.74. The second-order valence-electron chi connectivity index (χ2n) is 4.87. The van der Waals surface area contributed by atoms with Crippen LogP contribution in [0.25, 0.3) is 6.20 Å². The van der Waals surface area contributed by atoms with Gasteiger partial charge in [0.05, 0.1) is 10.3 Å². The first-order valence-electron chi connectivity index (χ1n) is 6.52. The molecule has 108 valence electrons. The first-order chi connectivity index (χ1) is 10.0. The van der Waals surface area contributed by atoms with Crippen LogP contribution in [0, 0.1) is 6.92 Å². The van der Waals surface area contributed by atoms with Gasteiger partial charge < -0.3 is 0 Å². The van der Waals surface area contributed by atoms with E-state index in [1.54, 1.807) is 30.5 Å². The van der Waals surface area contributed by atoms with Gasteiger partial charge in [0, 0.05) is 11.4 Å². The molecule has 21 heavy (non-hydrogen) atoms. The molecule has 3 rings (SSSR count). The first-order valence-corrected chi connectivity index (χ1v) is 8.00. The van der Waals surface area contributed by atoms with Crippen LogP contribution in [0.3, 0.4) is 0 Å². The molecule has 2 aromatic rings. The minimum Gasteiger partial charge on any atom is -0.280 e. The van der Waals surface area contributed by atoms with Crippen LogP contribution in [0.2, 0.25) is 0 Å². The van der Waals surface area contributed by atoms with Gasteiger partial charge in [0.1, 0.15) is 6.67 Å². The molecule has 0 fully saturated rings. The van der Waals surface area contributed by atoms with E-state index < -0.39 is 10.0 Å². The quantitative estimate of drug-likeness (QED) is 0.899. The summed E-state index contributed by atoms with van der Waals surface area (Å²) in [4.78, 5) is 7.10. The lowest BCUT2D eigenvalue weighted by Gasteiger charge is -2.21. The minimum absolute atomic E-state index is 0.236. The summed E-state index contributed by atoms with van der Waals surface area (Å²) >= 11 is 0. The summed E-state index contributed by atoms with van der Waals surface area (Å²) in [5.74, 6) is 0. The molecule has 1 heterocycles. The summed E-state index contributed by atoms with van der Waals surface area (Å²) in [5.41, 5.74) is 1.02. The third-order valence-electron chi connectivity index (χ3n) is 3.19. The normalized spacial score (nSPS) is 14.0. The third kappa shape index (κ3) is 2.96. The molecule has 1 aliphatic heterocycles. The average Bonchev–Trinajstić information content (AvgIpc) is 2.47. The molecule has 1 N–H and O–H groups in total. The molecule has 0 saturated carbocycles. The second kappa shape index (κ2) is 5.31. The number of fused-ring (bicyclic) bond motifs is 1. The highest BCUT2D eigenvalue weighted by Crippen LogP contribution is 2.10. The van der Waals surface area contributed by atoms with E-state index in [0.717, 1.165) is 16.1 Å². The standard InChI is InChI=1S/C15H15N3O2S/c1-12-6-8-14(9-7-12)21(19,20)17-18-10-13-4-2-3-5-15(13)16-11-18/h2-10,17H,11H2,1H3. The number of nitrogens with one attached hydrogen (secondary N) is 1. The number of aryl methyl sites for hydroxylation is 1. The monoisotopic (exact) mass is 301 g/mol. The molecule has 1 aliphatic rings. The minimum atomic E-state index is -3.59. The van der Waals surface area contributed by atoms with Crippen molar-refractivity contribution in [2.75, 3.05) is 6.67 Å². The lowest BCUT2D eigenvalue weighted by Crippen LogP contribution is -2.44. The molecule has 0 spiro atoms. The maximum atomic E-state index is 12.3. The van der Waals surface area contributed by atoms with Crippen molar-refractivity contribution in [3.05, 3.63) is 64.7 Å². The van der Waals surface area contributed by atoms with Crippen molar-refractivity contribution < 1.29 is 8.42 Å². The van der Waals surface area contributed by atoms with E-state index in [1.807, 2.05) is 31.2 Å². The largest absolute Gasteiger partial charge is 0.280 e. The number of para-hydroxylation sites is 1. The Bertz CT molecular complexity index is 874. The Labute approximate surface area is 123 Å². The van der Waals surface area contributed by atoms with Gasteiger partial charge in [-0.25, -0.2) is 8.42 Å². The molecule has 2 aromatic carbocycles. The van der Waals surface area contributed by atoms with E-state index in [-0.39, 0.29) is 11.6 Å². The smallest absolute Gasteiger partial charge is 0.257 e. The SMILES string of the molecule is Cc1ccc(S(=O)(=O)NN2C=c3ccccc3=NC2)cc1. The first kappa shape index (κ1) is 13.8. The highest BCUT2D eigenvalue weighted by molar-refractivity contribution is 7.89. The van der Waals surface area contributed by atoms with Crippen LogP contribution in [0.5, 0.6) is 0 Å². The molecular weight excluding hydrogens is 286 g/mol. The Hall–Kier alpha value is -2.18. The lowest BCUT2D eigenvalue weighted by atomic mass is 10.2. The topological polar surface area (TPSA) is 61.8 Å². The number of hydrogen-bond donors (Lipinski definition) is 1. The zero-order chi connectivity index (χ0) is 14.9. The lowest BCUT2D eigenvalue weighted by molar-refractivity contribution is 0.371. The van der Waals surface area contributed by atoms with Gasteiger partial charge in [-0.15, -0.1) is 4.83 Å². The van der Waals surface area contributed by atoms with Gasteiger partial charge in [0.25, 0.3) is 10.0 Å². The van der Waals surface area contributed by atoms with E-state index in [4.69, 9.17) is 0 Å². The highest BCUT2D eigenvalue weighted by atomic mass is 32.2. The van der Waals surface area contributed by atoms with Crippen molar-refractivity contribution in [3.63, 3.8) is 0 Å². The summed E-state index contributed by atoms with van der Waals surface area (Å²) in [6.45, 7) is 2.17. The Balaban J connectivity index is 1.87. The molecule has 0 aromatic heterocycles. The van der Waals surface area contributed by atoms with Gasteiger partial charge in [0.2, 0.25) is 0 Å². The van der Waals surface area contributed by atoms with Crippen molar-refractivity contribution in [1.29, 1.82) is 0 Å². The van der Waals surface area contributed by atoms with E-state index in [1.165, 1.54) is 5.01 Å². The van der Waals surface area contributed by atoms with Crippen molar-refractivity contribution in [1.82, 2.24) is 9.84 Å². The van der Waals surface area contributed by atoms with Crippen LogP contribution in [0.15, 0.2) is 58.4 Å². The number of rotatable bonds is 3. The Morgan fingerprint density at radius 1 is 1.10 bits per heavy atom. The zero-order valence-corrected chi connectivity index (χ0v) is 12.3. The van der Waals surface area contributed by atoms with Gasteiger partial charge in [-0.1, -0.05) is 35.9 Å². The maximum absolute atomic E-state index is 12.3. The molecule has 0 aliphatic carbocycles. The van der Waals surface area contributed by atoms with Crippen LogP contribution in [-0.4, -0.2) is 20.1 Å². The van der Waals surface area contributed by atoms with E-state index >= 15 is 0 Å². The Kier molecular flexibility index (Phi) is 3.48. The maximum Gasteiger partial charge on any atom is 0.257 e. The van der Waals surface area contributed by atoms with Crippen molar-refractivity contribution in [3.8, 4) is 0 Å².